The highest BCUT2D eigenvalue weighted by Crippen LogP contribution is 2.16. The van der Waals surface area contributed by atoms with Crippen LogP contribution in [0.2, 0.25) is 0 Å². The van der Waals surface area contributed by atoms with Crippen LogP contribution in [0.1, 0.15) is 47.6 Å². The van der Waals surface area contributed by atoms with Crippen LogP contribution in [0, 0.1) is 13.8 Å². The minimum atomic E-state index is 0.575. The number of rotatable bonds is 5. The number of hydrazone groups is 1. The van der Waals surface area contributed by atoms with E-state index in [1.807, 2.05) is 6.21 Å². The molecule has 0 saturated carbocycles. The first-order valence-electron chi connectivity index (χ1n) is 9.68. The number of hydrogen-bond acceptors (Lipinski definition) is 3. The van der Waals surface area contributed by atoms with E-state index >= 15 is 0 Å². The summed E-state index contributed by atoms with van der Waals surface area (Å²) in [4.78, 5) is 2.53. The van der Waals surface area contributed by atoms with Gasteiger partial charge < -0.3 is 0 Å². The molecular formula is C23H31N3. The summed E-state index contributed by atoms with van der Waals surface area (Å²) in [6.45, 7) is 14.0. The highest BCUT2D eigenvalue weighted by Gasteiger charge is 2.16. The monoisotopic (exact) mass is 349 g/mol. The van der Waals surface area contributed by atoms with E-state index in [9.17, 15) is 0 Å². The molecule has 0 aliphatic carbocycles. The average Bonchev–Trinajstić information content (AvgIpc) is 2.64. The van der Waals surface area contributed by atoms with E-state index < -0.39 is 0 Å². The van der Waals surface area contributed by atoms with Gasteiger partial charge in [0.25, 0.3) is 0 Å². The Bertz CT molecular complexity index is 739. The molecule has 1 saturated heterocycles. The van der Waals surface area contributed by atoms with E-state index in [1.54, 1.807) is 0 Å². The van der Waals surface area contributed by atoms with Gasteiger partial charge in [-0.1, -0.05) is 61.9 Å². The summed E-state index contributed by atoms with van der Waals surface area (Å²) in [5.41, 5.74) is 6.73. The summed E-state index contributed by atoms with van der Waals surface area (Å²) in [5.74, 6) is 0.575. The molecule has 0 radical (unpaired) electrons. The normalized spacial score (nSPS) is 16.0. The lowest BCUT2D eigenvalue weighted by atomic mass is 10.0. The lowest BCUT2D eigenvalue weighted by Gasteiger charge is -2.33. The third kappa shape index (κ3) is 4.95. The van der Waals surface area contributed by atoms with Gasteiger partial charge in [-0.25, -0.2) is 0 Å². The topological polar surface area (TPSA) is 18.8 Å². The van der Waals surface area contributed by atoms with Crippen molar-refractivity contribution >= 4 is 6.21 Å². The minimum Gasteiger partial charge on any atom is -0.295 e. The maximum Gasteiger partial charge on any atom is 0.0542 e. The molecule has 1 aliphatic heterocycles. The number of aryl methyl sites for hydroxylation is 2. The zero-order valence-electron chi connectivity index (χ0n) is 16.6. The average molecular weight is 350 g/mol. The second kappa shape index (κ2) is 8.50. The van der Waals surface area contributed by atoms with Crippen molar-refractivity contribution in [2.75, 3.05) is 26.2 Å². The number of hydrogen-bond donors (Lipinski definition) is 0. The van der Waals surface area contributed by atoms with Crippen molar-refractivity contribution in [3.63, 3.8) is 0 Å². The molecule has 2 aromatic carbocycles. The van der Waals surface area contributed by atoms with Crippen LogP contribution in [-0.4, -0.2) is 42.3 Å². The highest BCUT2D eigenvalue weighted by atomic mass is 15.5. The molecule has 26 heavy (non-hydrogen) atoms. The molecule has 0 spiro atoms. The Hall–Kier alpha value is -2.13. The predicted octanol–water partition coefficient (Wildman–Crippen LogP) is 4.58. The largest absolute Gasteiger partial charge is 0.295 e. The van der Waals surface area contributed by atoms with Crippen LogP contribution in [0.5, 0.6) is 0 Å². The van der Waals surface area contributed by atoms with E-state index in [1.165, 1.54) is 27.8 Å². The summed E-state index contributed by atoms with van der Waals surface area (Å²) < 4.78 is 0. The lowest BCUT2D eigenvalue weighted by Crippen LogP contribution is -2.43. The van der Waals surface area contributed by atoms with Crippen LogP contribution in [0.15, 0.2) is 47.6 Å². The molecule has 1 fully saturated rings. The SMILES string of the molecule is Cc1ccc(CN2CCN(N=Cc3ccc(C(C)C)cc3)CC2)c(C)c1. The first-order valence-corrected chi connectivity index (χ1v) is 9.68. The molecular weight excluding hydrogens is 318 g/mol. The zero-order valence-corrected chi connectivity index (χ0v) is 16.6. The summed E-state index contributed by atoms with van der Waals surface area (Å²) in [7, 11) is 0. The molecule has 0 unspecified atom stereocenters. The lowest BCUT2D eigenvalue weighted by molar-refractivity contribution is 0.131. The first-order chi connectivity index (χ1) is 12.5. The van der Waals surface area contributed by atoms with E-state index in [0.717, 1.165) is 32.7 Å². The van der Waals surface area contributed by atoms with E-state index in [2.05, 4.69) is 85.2 Å². The predicted molar refractivity (Wildman–Crippen MR) is 111 cm³/mol. The van der Waals surface area contributed by atoms with E-state index in [0.29, 0.717) is 5.92 Å². The molecule has 0 aromatic heterocycles. The van der Waals surface area contributed by atoms with Gasteiger partial charge in [0, 0.05) is 32.7 Å². The van der Waals surface area contributed by atoms with Gasteiger partial charge in [0.1, 0.15) is 0 Å². The summed E-state index contributed by atoms with van der Waals surface area (Å²) in [5, 5.41) is 6.87. The number of benzene rings is 2. The molecule has 2 aromatic rings. The molecule has 138 valence electrons. The van der Waals surface area contributed by atoms with Gasteiger partial charge in [-0.2, -0.15) is 5.10 Å². The Morgan fingerprint density at radius 2 is 1.65 bits per heavy atom. The molecule has 0 N–H and O–H groups in total. The highest BCUT2D eigenvalue weighted by molar-refractivity contribution is 5.79. The number of nitrogens with zero attached hydrogens (tertiary/aromatic N) is 3. The van der Waals surface area contributed by atoms with Gasteiger partial charge in [0.15, 0.2) is 0 Å². The van der Waals surface area contributed by atoms with Crippen molar-refractivity contribution in [3.05, 3.63) is 70.3 Å². The Labute approximate surface area is 158 Å². The van der Waals surface area contributed by atoms with Crippen LogP contribution >= 0.6 is 0 Å². The van der Waals surface area contributed by atoms with Crippen molar-refractivity contribution in [3.8, 4) is 0 Å². The van der Waals surface area contributed by atoms with Crippen molar-refractivity contribution in [2.24, 2.45) is 5.10 Å². The maximum absolute atomic E-state index is 4.68. The Morgan fingerprint density at radius 3 is 2.27 bits per heavy atom. The third-order valence-electron chi connectivity index (χ3n) is 5.21. The maximum atomic E-state index is 4.68. The zero-order chi connectivity index (χ0) is 18.5. The Kier molecular flexibility index (Phi) is 6.10. The molecule has 1 aliphatic rings. The summed E-state index contributed by atoms with van der Waals surface area (Å²) >= 11 is 0. The summed E-state index contributed by atoms with van der Waals surface area (Å²) in [6.07, 6.45) is 1.99. The standard InChI is InChI=1S/C23H31N3/c1-18(2)22-9-6-21(7-10-22)16-24-26-13-11-25(12-14-26)17-23-8-5-19(3)15-20(23)4/h5-10,15-16,18H,11-14,17H2,1-4H3. The van der Waals surface area contributed by atoms with Crippen LogP contribution in [0.3, 0.4) is 0 Å². The quantitative estimate of drug-likeness (QED) is 0.736. The smallest absolute Gasteiger partial charge is 0.0542 e. The fourth-order valence-electron chi connectivity index (χ4n) is 3.39. The van der Waals surface area contributed by atoms with Crippen molar-refractivity contribution < 1.29 is 0 Å². The van der Waals surface area contributed by atoms with Crippen molar-refractivity contribution in [1.82, 2.24) is 9.91 Å². The number of piperazine rings is 1. The Morgan fingerprint density at radius 1 is 0.962 bits per heavy atom. The molecule has 0 bridgehead atoms. The second-order valence-corrected chi connectivity index (χ2v) is 7.73. The van der Waals surface area contributed by atoms with Crippen LogP contribution < -0.4 is 0 Å². The van der Waals surface area contributed by atoms with E-state index in [-0.39, 0.29) is 0 Å². The van der Waals surface area contributed by atoms with Gasteiger partial charge in [-0.3, -0.25) is 9.91 Å². The molecule has 3 nitrogen and oxygen atoms in total. The van der Waals surface area contributed by atoms with Crippen molar-refractivity contribution in [1.29, 1.82) is 0 Å². The fourth-order valence-corrected chi connectivity index (χ4v) is 3.39. The van der Waals surface area contributed by atoms with Crippen LogP contribution in [-0.2, 0) is 6.54 Å². The Balaban J connectivity index is 1.50. The van der Waals surface area contributed by atoms with Gasteiger partial charge >= 0.3 is 0 Å². The second-order valence-electron chi connectivity index (χ2n) is 7.73. The van der Waals surface area contributed by atoms with Crippen LogP contribution in [0.25, 0.3) is 0 Å². The van der Waals surface area contributed by atoms with E-state index in [4.69, 9.17) is 0 Å². The minimum absolute atomic E-state index is 0.575. The third-order valence-corrected chi connectivity index (χ3v) is 5.21. The van der Waals surface area contributed by atoms with Gasteiger partial charge in [0.05, 0.1) is 6.21 Å². The van der Waals surface area contributed by atoms with Gasteiger partial charge in [-0.05, 0) is 42.0 Å². The molecule has 1 heterocycles. The summed E-state index contributed by atoms with van der Waals surface area (Å²) in [6, 6.07) is 15.5. The first kappa shape index (κ1) is 18.7. The van der Waals surface area contributed by atoms with Gasteiger partial charge in [0.2, 0.25) is 0 Å². The molecule has 3 rings (SSSR count). The van der Waals surface area contributed by atoms with Crippen LogP contribution in [0.4, 0.5) is 0 Å². The van der Waals surface area contributed by atoms with Gasteiger partial charge in [-0.15, -0.1) is 0 Å². The van der Waals surface area contributed by atoms with Crippen molar-refractivity contribution in [2.45, 2.75) is 40.2 Å². The molecule has 3 heteroatoms. The fraction of sp³-hybridized carbons (Fsp3) is 0.435. The molecule has 0 atom stereocenters. The molecule has 0 amide bonds.